The third-order valence-electron chi connectivity index (χ3n) is 7.52. The highest BCUT2D eigenvalue weighted by Crippen LogP contribution is 2.24. The van der Waals surface area contributed by atoms with Crippen LogP contribution in [0.1, 0.15) is 0 Å². The Bertz CT molecular complexity index is 2570. The van der Waals surface area contributed by atoms with Crippen molar-refractivity contribution < 1.29 is 0 Å². The molecule has 9 aromatic rings. The summed E-state index contributed by atoms with van der Waals surface area (Å²) in [5.41, 5.74) is 3.42. The first kappa shape index (κ1) is 31.7. The molecule has 0 unspecified atom stereocenters. The van der Waals surface area contributed by atoms with Crippen LogP contribution in [-0.4, -0.2) is 89.7 Å². The molecule has 0 aromatic carbocycles. The Morgan fingerprint density at radius 3 is 0.685 bits per heavy atom. The van der Waals surface area contributed by atoms with Gasteiger partial charge >= 0.3 is 0 Å². The molecule has 18 heteroatoms. The summed E-state index contributed by atoms with van der Waals surface area (Å²) >= 11 is 0. The van der Waals surface area contributed by atoms with E-state index in [4.69, 9.17) is 19.9 Å². The second-order valence-electron chi connectivity index (χ2n) is 11.0. The fraction of sp³-hybridized carbons (Fsp3) is 0. The van der Waals surface area contributed by atoms with Gasteiger partial charge in [-0.2, -0.15) is 0 Å². The van der Waals surface area contributed by atoms with Crippen LogP contribution in [0.5, 0.6) is 0 Å². The van der Waals surface area contributed by atoms with Gasteiger partial charge < -0.3 is 0 Å². The van der Waals surface area contributed by atoms with E-state index < -0.39 is 0 Å². The van der Waals surface area contributed by atoms with E-state index in [1.165, 1.54) is 0 Å². The Morgan fingerprint density at radius 1 is 0.185 bits per heavy atom. The molecule has 9 heterocycles. The molecule has 0 saturated heterocycles. The topological polar surface area (TPSA) is 232 Å². The summed E-state index contributed by atoms with van der Waals surface area (Å²) < 4.78 is 0. The summed E-state index contributed by atoms with van der Waals surface area (Å²) in [7, 11) is 0. The number of hydrogen-bond acceptors (Lipinski definition) is 18. The fourth-order valence-corrected chi connectivity index (χ4v) is 5.08. The van der Waals surface area contributed by atoms with Crippen molar-refractivity contribution in [3.63, 3.8) is 0 Å². The molecule has 0 spiro atoms. The van der Waals surface area contributed by atoms with Gasteiger partial charge in [0, 0.05) is 68.2 Å². The molecular weight excluding hydrogens is 685 g/mol. The monoisotopic (exact) mass is 704 g/mol. The summed E-state index contributed by atoms with van der Waals surface area (Å²) in [5.74, 6) is 3.33. The lowest BCUT2D eigenvalue weighted by Crippen LogP contribution is -2.02. The van der Waals surface area contributed by atoms with E-state index in [1.54, 1.807) is 123 Å². The lowest BCUT2D eigenvalue weighted by Gasteiger charge is -2.07. The van der Waals surface area contributed by atoms with Gasteiger partial charge in [-0.25, -0.2) is 89.7 Å². The van der Waals surface area contributed by atoms with Crippen LogP contribution in [-0.2, 0) is 0 Å². The minimum Gasteiger partial charge on any atom is -0.235 e. The molecule has 0 fully saturated rings. The second kappa shape index (κ2) is 14.2. The molecule has 0 aliphatic heterocycles. The zero-order chi connectivity index (χ0) is 36.1. The van der Waals surface area contributed by atoms with E-state index in [9.17, 15) is 0 Å². The van der Waals surface area contributed by atoms with E-state index in [-0.39, 0.29) is 0 Å². The first-order chi connectivity index (χ1) is 26.7. The highest BCUT2D eigenvalue weighted by Gasteiger charge is 2.16. The van der Waals surface area contributed by atoms with E-state index in [1.807, 2.05) is 0 Å². The molecule has 0 atom stereocenters. The van der Waals surface area contributed by atoms with E-state index >= 15 is 0 Å². The summed E-state index contributed by atoms with van der Waals surface area (Å²) in [6.07, 6.45) is 17.9. The smallest absolute Gasteiger partial charge is 0.198 e. The van der Waals surface area contributed by atoms with Gasteiger partial charge in [-0.3, -0.25) is 0 Å². The van der Waals surface area contributed by atoms with Crippen LogP contribution < -0.4 is 0 Å². The van der Waals surface area contributed by atoms with Gasteiger partial charge in [0.15, 0.2) is 52.4 Å². The minimum atomic E-state index is 0.334. The van der Waals surface area contributed by atoms with Crippen LogP contribution in [0.4, 0.5) is 0 Å². The van der Waals surface area contributed by atoms with Crippen LogP contribution >= 0.6 is 0 Å². The Hall–Kier alpha value is -8.28. The average molecular weight is 705 g/mol. The molecule has 0 saturated carbocycles. The van der Waals surface area contributed by atoms with Crippen molar-refractivity contribution in [1.29, 1.82) is 0 Å². The van der Waals surface area contributed by atoms with Crippen molar-refractivity contribution >= 4 is 0 Å². The third-order valence-corrected chi connectivity index (χ3v) is 7.52. The minimum absolute atomic E-state index is 0.334. The SMILES string of the molecule is c1cnc(-c2ccnc(-c3ccnc(-c4ccnc(-c5ccnc(-c6ccnc(-c7ccnc(-c8ccnc(-c9ncccn9)n8)n7)n6)n5)n4)n3)n2)nc1. The molecule has 0 aliphatic rings. The molecule has 254 valence electrons. The summed E-state index contributed by atoms with van der Waals surface area (Å²) in [4.78, 5) is 80.6. The van der Waals surface area contributed by atoms with Crippen LogP contribution in [0.3, 0.4) is 0 Å². The maximum Gasteiger partial charge on any atom is 0.198 e. The zero-order valence-corrected chi connectivity index (χ0v) is 27.6. The van der Waals surface area contributed by atoms with E-state index in [0.29, 0.717) is 92.3 Å². The van der Waals surface area contributed by atoms with Gasteiger partial charge in [0.05, 0.1) is 0 Å². The summed E-state index contributed by atoms with van der Waals surface area (Å²) in [6, 6.07) is 15.5. The van der Waals surface area contributed by atoms with Crippen LogP contribution in [0.2, 0.25) is 0 Å². The maximum atomic E-state index is 4.73. The fourth-order valence-electron chi connectivity index (χ4n) is 5.08. The molecule has 0 aliphatic carbocycles. The second-order valence-corrected chi connectivity index (χ2v) is 11.0. The molecule has 0 N–H and O–H groups in total. The van der Waals surface area contributed by atoms with Crippen molar-refractivity contribution in [3.05, 3.63) is 123 Å². The highest BCUT2D eigenvalue weighted by atomic mass is 15.0. The highest BCUT2D eigenvalue weighted by molar-refractivity contribution is 5.63. The van der Waals surface area contributed by atoms with Crippen molar-refractivity contribution in [2.45, 2.75) is 0 Å². The Balaban J connectivity index is 0.983. The standard InChI is InChI=1S/C36H20N18/c1-10-37-28(38-11-1)21-3-14-41-29(48-21)22-4-15-42-30(49-22)23-5-16-43-31(50-23)24-6-17-44-32(51-24)25-7-18-45-33(52-25)26-8-19-46-34(53-26)27-9-20-47-36(54-27)35-39-12-2-13-40-35/h1-20H. The quantitative estimate of drug-likeness (QED) is 0.216. The van der Waals surface area contributed by atoms with Crippen molar-refractivity contribution in [2.24, 2.45) is 0 Å². The first-order valence-electron chi connectivity index (χ1n) is 16.1. The van der Waals surface area contributed by atoms with Crippen molar-refractivity contribution in [1.82, 2.24) is 89.7 Å². The van der Waals surface area contributed by atoms with E-state index in [2.05, 4.69) is 69.8 Å². The average Bonchev–Trinajstić information content (AvgIpc) is 3.27. The van der Waals surface area contributed by atoms with E-state index in [0.717, 1.165) is 0 Å². The molecule has 9 rings (SSSR count). The molecule has 9 aromatic heterocycles. The Kier molecular flexibility index (Phi) is 8.30. The molecule has 0 bridgehead atoms. The molecular formula is C36H20N18. The lowest BCUT2D eigenvalue weighted by molar-refractivity contribution is 1.05. The molecule has 0 amide bonds. The predicted octanol–water partition coefficient (Wildman–Crippen LogP) is 4.13. The maximum absolute atomic E-state index is 4.73. The van der Waals surface area contributed by atoms with Gasteiger partial charge in [0.2, 0.25) is 0 Å². The number of rotatable bonds is 8. The van der Waals surface area contributed by atoms with Crippen LogP contribution in [0.15, 0.2) is 123 Å². The predicted molar refractivity (Wildman–Crippen MR) is 190 cm³/mol. The Labute approximate surface area is 304 Å². The van der Waals surface area contributed by atoms with Gasteiger partial charge in [0.1, 0.15) is 39.9 Å². The van der Waals surface area contributed by atoms with Gasteiger partial charge in [0.25, 0.3) is 0 Å². The molecule has 54 heavy (non-hydrogen) atoms. The van der Waals surface area contributed by atoms with Gasteiger partial charge in [-0.15, -0.1) is 0 Å². The molecule has 0 radical (unpaired) electrons. The normalized spacial score (nSPS) is 11.0. The number of aromatic nitrogens is 18. The first-order valence-corrected chi connectivity index (χ1v) is 16.1. The lowest BCUT2D eigenvalue weighted by atomic mass is 10.3. The van der Waals surface area contributed by atoms with Crippen molar-refractivity contribution in [3.8, 4) is 92.3 Å². The van der Waals surface area contributed by atoms with Crippen molar-refractivity contribution in [2.75, 3.05) is 0 Å². The number of hydrogen-bond donors (Lipinski definition) is 0. The zero-order valence-electron chi connectivity index (χ0n) is 27.6. The largest absolute Gasteiger partial charge is 0.235 e. The molecule has 18 nitrogen and oxygen atoms in total. The summed E-state index contributed by atoms with van der Waals surface area (Å²) in [5, 5.41) is 0. The summed E-state index contributed by atoms with van der Waals surface area (Å²) in [6.45, 7) is 0. The number of nitrogens with zero attached hydrogens (tertiary/aromatic N) is 18. The van der Waals surface area contributed by atoms with Crippen LogP contribution in [0, 0.1) is 0 Å². The Morgan fingerprint density at radius 2 is 0.389 bits per heavy atom. The van der Waals surface area contributed by atoms with Crippen LogP contribution in [0.25, 0.3) is 92.3 Å². The van der Waals surface area contributed by atoms with Gasteiger partial charge in [-0.05, 0) is 54.6 Å². The third kappa shape index (κ3) is 6.63. The van der Waals surface area contributed by atoms with Gasteiger partial charge in [-0.1, -0.05) is 0 Å².